The number of esters is 1. The Kier molecular flexibility index (Phi) is 8.02. The summed E-state index contributed by atoms with van der Waals surface area (Å²) in [6.07, 6.45) is 2.03. The average Bonchev–Trinajstić information content (AvgIpc) is 3.48. The predicted octanol–water partition coefficient (Wildman–Crippen LogP) is 5.11. The third kappa shape index (κ3) is 5.48. The van der Waals surface area contributed by atoms with Crippen LogP contribution in [0.15, 0.2) is 46.9 Å². The molecule has 2 aromatic heterocycles. The molecule has 4 aromatic rings. The number of nitrogens with one attached hydrogen (secondary N) is 1. The van der Waals surface area contributed by atoms with E-state index in [0.717, 1.165) is 46.1 Å². The lowest BCUT2D eigenvalue weighted by Crippen LogP contribution is -2.21. The van der Waals surface area contributed by atoms with Crippen molar-refractivity contribution in [2.24, 2.45) is 0 Å². The van der Waals surface area contributed by atoms with Crippen molar-refractivity contribution in [1.82, 2.24) is 25.2 Å². The standard InChI is InChI=1S/C25H29BrN6O3/c1-4-6-12-32-20-14-19(26)22(35-16-23-27-29-30-28-23)13-18(20)24(25(33)34-5-2)21(32)15-31(3)17-10-8-7-9-11-17/h7-11,13-14H,4-6,12,15-16H2,1-3H3,(H,27,28,29,30). The number of aryl methyl sites for hydroxylation is 1. The van der Waals surface area contributed by atoms with Gasteiger partial charge in [0.1, 0.15) is 5.75 Å². The van der Waals surface area contributed by atoms with Crippen molar-refractivity contribution in [1.29, 1.82) is 0 Å². The molecule has 35 heavy (non-hydrogen) atoms. The van der Waals surface area contributed by atoms with Crippen LogP contribution >= 0.6 is 15.9 Å². The Morgan fingerprint density at radius 3 is 2.69 bits per heavy atom. The molecule has 4 rings (SSSR count). The quantitative estimate of drug-likeness (QED) is 0.264. The van der Waals surface area contributed by atoms with E-state index in [4.69, 9.17) is 9.47 Å². The lowest BCUT2D eigenvalue weighted by molar-refractivity contribution is 0.0527. The number of carbonyl (C=O) groups excluding carboxylic acids is 1. The smallest absolute Gasteiger partial charge is 0.340 e. The Labute approximate surface area is 212 Å². The molecular weight excluding hydrogens is 512 g/mol. The van der Waals surface area contributed by atoms with Gasteiger partial charge >= 0.3 is 5.97 Å². The molecule has 0 fully saturated rings. The molecule has 0 saturated carbocycles. The van der Waals surface area contributed by atoms with Gasteiger partial charge in [-0.15, -0.1) is 10.2 Å². The molecule has 0 aliphatic rings. The molecule has 0 bridgehead atoms. The highest BCUT2D eigenvalue weighted by atomic mass is 79.9. The van der Waals surface area contributed by atoms with Gasteiger partial charge in [-0.3, -0.25) is 0 Å². The maximum Gasteiger partial charge on any atom is 0.340 e. The summed E-state index contributed by atoms with van der Waals surface area (Å²) in [5.41, 5.74) is 3.51. The number of nitrogens with zero attached hydrogens (tertiary/aromatic N) is 5. The number of H-pyrrole nitrogens is 1. The van der Waals surface area contributed by atoms with Crippen LogP contribution in [0.3, 0.4) is 0 Å². The van der Waals surface area contributed by atoms with Gasteiger partial charge < -0.3 is 18.9 Å². The summed E-state index contributed by atoms with van der Waals surface area (Å²) in [4.78, 5) is 15.4. The Bertz CT molecular complexity index is 1270. The molecule has 0 aliphatic carbocycles. The minimum atomic E-state index is -0.337. The first kappa shape index (κ1) is 24.7. The van der Waals surface area contributed by atoms with Crippen molar-refractivity contribution < 1.29 is 14.3 Å². The summed E-state index contributed by atoms with van der Waals surface area (Å²) in [5, 5.41) is 14.6. The van der Waals surface area contributed by atoms with E-state index in [0.29, 0.717) is 30.3 Å². The Morgan fingerprint density at radius 2 is 2.00 bits per heavy atom. The molecular formula is C25H29BrN6O3. The number of aromatic nitrogens is 5. The zero-order chi connectivity index (χ0) is 24.8. The van der Waals surface area contributed by atoms with Crippen LogP contribution < -0.4 is 9.64 Å². The van der Waals surface area contributed by atoms with Gasteiger partial charge in [0, 0.05) is 24.7 Å². The number of fused-ring (bicyclic) bond motifs is 1. The van der Waals surface area contributed by atoms with Crippen molar-refractivity contribution in [3.8, 4) is 5.75 Å². The average molecular weight is 541 g/mol. The minimum absolute atomic E-state index is 0.148. The van der Waals surface area contributed by atoms with Crippen LogP contribution in [0.4, 0.5) is 5.69 Å². The largest absolute Gasteiger partial charge is 0.484 e. The fourth-order valence-corrected chi connectivity index (χ4v) is 4.51. The van der Waals surface area contributed by atoms with E-state index < -0.39 is 0 Å². The molecule has 0 atom stereocenters. The number of hydrogen-bond acceptors (Lipinski definition) is 7. The number of unbranched alkanes of at least 4 members (excludes halogenated alkanes) is 1. The number of aromatic amines is 1. The molecule has 1 N–H and O–H groups in total. The molecule has 0 saturated heterocycles. The van der Waals surface area contributed by atoms with Crippen molar-refractivity contribution in [3.63, 3.8) is 0 Å². The number of para-hydroxylation sites is 1. The second kappa shape index (κ2) is 11.4. The number of rotatable bonds is 11. The summed E-state index contributed by atoms with van der Waals surface area (Å²) in [7, 11) is 2.03. The SMILES string of the molecule is CCCCn1c(CN(C)c2ccccc2)c(C(=O)OCC)c2cc(OCc3nn[nH]n3)c(Br)cc21. The molecule has 184 valence electrons. The topological polar surface area (TPSA) is 98.2 Å². The van der Waals surface area contributed by atoms with E-state index in [2.05, 4.69) is 65.1 Å². The fourth-order valence-electron chi connectivity index (χ4n) is 4.06. The maximum atomic E-state index is 13.3. The molecule has 0 aliphatic heterocycles. The van der Waals surface area contributed by atoms with Crippen molar-refractivity contribution in [3.05, 3.63) is 64.0 Å². The van der Waals surface area contributed by atoms with Crippen LogP contribution in [0.1, 0.15) is 48.6 Å². The summed E-state index contributed by atoms with van der Waals surface area (Å²) in [6, 6.07) is 14.0. The first-order valence-corrected chi connectivity index (χ1v) is 12.5. The summed E-state index contributed by atoms with van der Waals surface area (Å²) >= 11 is 3.64. The second-order valence-corrected chi connectivity index (χ2v) is 9.01. The Hall–Kier alpha value is -3.40. The first-order chi connectivity index (χ1) is 17.0. The fraction of sp³-hybridized carbons (Fsp3) is 0.360. The normalized spacial score (nSPS) is 11.1. The van der Waals surface area contributed by atoms with E-state index in [9.17, 15) is 4.79 Å². The zero-order valence-electron chi connectivity index (χ0n) is 20.1. The predicted molar refractivity (Wildman–Crippen MR) is 138 cm³/mol. The third-order valence-corrected chi connectivity index (χ3v) is 6.39. The molecule has 0 radical (unpaired) electrons. The number of halogens is 1. The lowest BCUT2D eigenvalue weighted by atomic mass is 10.1. The van der Waals surface area contributed by atoms with E-state index in [1.807, 2.05) is 44.3 Å². The van der Waals surface area contributed by atoms with E-state index in [1.165, 1.54) is 0 Å². The monoisotopic (exact) mass is 540 g/mol. The highest BCUT2D eigenvalue weighted by molar-refractivity contribution is 9.10. The van der Waals surface area contributed by atoms with Crippen LogP contribution in [-0.2, 0) is 24.4 Å². The molecule has 10 heteroatoms. The van der Waals surface area contributed by atoms with E-state index >= 15 is 0 Å². The van der Waals surface area contributed by atoms with Gasteiger partial charge in [0.15, 0.2) is 6.61 Å². The van der Waals surface area contributed by atoms with Gasteiger partial charge in [-0.05, 0) is 53.5 Å². The van der Waals surface area contributed by atoms with Gasteiger partial charge in [-0.2, -0.15) is 5.21 Å². The lowest BCUT2D eigenvalue weighted by Gasteiger charge is -2.22. The van der Waals surface area contributed by atoms with Crippen molar-refractivity contribution in [2.45, 2.75) is 46.4 Å². The van der Waals surface area contributed by atoms with Gasteiger partial charge in [0.25, 0.3) is 0 Å². The number of tetrazole rings is 1. The summed E-state index contributed by atoms with van der Waals surface area (Å²) in [6.45, 7) is 5.77. The number of ether oxygens (including phenoxy) is 2. The van der Waals surface area contributed by atoms with Crippen LogP contribution in [0.5, 0.6) is 5.75 Å². The van der Waals surface area contributed by atoms with Gasteiger partial charge in [-0.1, -0.05) is 36.8 Å². The molecule has 0 spiro atoms. The zero-order valence-corrected chi connectivity index (χ0v) is 21.7. The Morgan fingerprint density at radius 1 is 1.20 bits per heavy atom. The maximum absolute atomic E-state index is 13.3. The molecule has 0 unspecified atom stereocenters. The molecule has 2 aromatic carbocycles. The van der Waals surface area contributed by atoms with Crippen LogP contribution in [0.2, 0.25) is 0 Å². The van der Waals surface area contributed by atoms with Crippen molar-refractivity contribution >= 4 is 38.5 Å². The third-order valence-electron chi connectivity index (χ3n) is 5.77. The Balaban J connectivity index is 1.83. The van der Waals surface area contributed by atoms with Crippen molar-refractivity contribution in [2.75, 3.05) is 18.6 Å². The van der Waals surface area contributed by atoms with Gasteiger partial charge in [0.05, 0.1) is 34.4 Å². The van der Waals surface area contributed by atoms with Gasteiger partial charge in [0.2, 0.25) is 5.82 Å². The first-order valence-electron chi connectivity index (χ1n) is 11.7. The minimum Gasteiger partial charge on any atom is -0.484 e. The van der Waals surface area contributed by atoms with Crippen LogP contribution in [0, 0.1) is 0 Å². The number of anilines is 1. The highest BCUT2D eigenvalue weighted by Crippen LogP contribution is 2.37. The molecule has 0 amide bonds. The second-order valence-electron chi connectivity index (χ2n) is 8.16. The van der Waals surface area contributed by atoms with Crippen LogP contribution in [-0.4, -0.2) is 44.8 Å². The van der Waals surface area contributed by atoms with Gasteiger partial charge in [-0.25, -0.2) is 4.79 Å². The summed E-state index contributed by atoms with van der Waals surface area (Å²) < 4.78 is 14.5. The highest BCUT2D eigenvalue weighted by Gasteiger charge is 2.26. The number of benzene rings is 2. The van der Waals surface area contributed by atoms with E-state index in [-0.39, 0.29) is 12.6 Å². The molecule has 9 nitrogen and oxygen atoms in total. The molecule has 2 heterocycles. The number of carbonyl (C=O) groups is 1. The number of hydrogen-bond donors (Lipinski definition) is 1. The summed E-state index contributed by atoms with van der Waals surface area (Å²) in [5.74, 6) is 0.687. The van der Waals surface area contributed by atoms with E-state index in [1.54, 1.807) is 0 Å². The van der Waals surface area contributed by atoms with Crippen LogP contribution in [0.25, 0.3) is 10.9 Å².